The number of hydrogen-bond donors (Lipinski definition) is 4. The molecule has 0 bridgehead atoms. The number of amides is 5. The second-order valence-corrected chi connectivity index (χ2v) is 11.4. The third-order valence-electron chi connectivity index (χ3n) is 7.98. The van der Waals surface area contributed by atoms with Crippen molar-refractivity contribution in [1.82, 2.24) is 9.80 Å². The highest BCUT2D eigenvalue weighted by atomic mass is 16.7. The maximum Gasteiger partial charge on any atom is 0.323 e. The maximum absolute atomic E-state index is 13.8. The normalized spacial score (nSPS) is 18.4. The van der Waals surface area contributed by atoms with E-state index in [9.17, 15) is 19.5 Å². The van der Waals surface area contributed by atoms with Crippen LogP contribution in [0.3, 0.4) is 0 Å². The zero-order valence-corrected chi connectivity index (χ0v) is 25.6. The SMILES string of the molecule is C[C@@H]1CN([C@@H](C)CO)C(=O)c2cc(NC(=O)Nc3ccc4c(c3)OCO4)ccc2O[C@@H]1CN(C)C(=O)Nc1ccc2c(c1)OCO2. The van der Waals surface area contributed by atoms with Gasteiger partial charge in [-0.2, -0.15) is 0 Å². The summed E-state index contributed by atoms with van der Waals surface area (Å²) >= 11 is 0. The Balaban J connectivity index is 1.18. The Labute approximate surface area is 265 Å². The predicted molar refractivity (Wildman–Crippen MR) is 167 cm³/mol. The van der Waals surface area contributed by atoms with Gasteiger partial charge in [0.25, 0.3) is 5.91 Å². The number of carbonyl (C=O) groups is 3. The second-order valence-electron chi connectivity index (χ2n) is 11.4. The first-order chi connectivity index (χ1) is 22.2. The van der Waals surface area contributed by atoms with Crippen molar-refractivity contribution >= 4 is 35.0 Å². The lowest BCUT2D eigenvalue weighted by atomic mass is 9.99. The molecule has 3 aliphatic heterocycles. The molecule has 4 N–H and O–H groups in total. The molecule has 0 spiro atoms. The maximum atomic E-state index is 13.8. The molecule has 3 atom stereocenters. The smallest absolute Gasteiger partial charge is 0.323 e. The summed E-state index contributed by atoms with van der Waals surface area (Å²) in [5.74, 6) is 2.02. The molecule has 3 heterocycles. The van der Waals surface area contributed by atoms with Crippen molar-refractivity contribution in [3.63, 3.8) is 0 Å². The molecule has 0 aromatic heterocycles. The van der Waals surface area contributed by atoms with Crippen LogP contribution < -0.4 is 39.6 Å². The van der Waals surface area contributed by atoms with Crippen LogP contribution in [0.1, 0.15) is 24.2 Å². The molecule has 0 radical (unpaired) electrons. The number of likely N-dealkylation sites (N-methyl/N-ethyl adjacent to an activating group) is 1. The third-order valence-corrected chi connectivity index (χ3v) is 7.98. The van der Waals surface area contributed by atoms with Crippen LogP contribution in [-0.2, 0) is 0 Å². The summed E-state index contributed by atoms with van der Waals surface area (Å²) in [6.07, 6.45) is -0.513. The van der Waals surface area contributed by atoms with Crippen LogP contribution in [0.2, 0.25) is 0 Å². The quantitative estimate of drug-likeness (QED) is 0.299. The van der Waals surface area contributed by atoms with Crippen LogP contribution in [0.5, 0.6) is 28.7 Å². The van der Waals surface area contributed by atoms with Gasteiger partial charge in [0.05, 0.1) is 24.8 Å². The summed E-state index contributed by atoms with van der Waals surface area (Å²) in [7, 11) is 1.66. The topological polar surface area (TPSA) is 160 Å². The Hall–Kier alpha value is -5.37. The highest BCUT2D eigenvalue weighted by Crippen LogP contribution is 2.36. The molecule has 5 amide bonds. The lowest BCUT2D eigenvalue weighted by Gasteiger charge is -2.38. The van der Waals surface area contributed by atoms with Gasteiger partial charge in [0, 0.05) is 48.7 Å². The Kier molecular flexibility index (Phi) is 8.61. The molecule has 6 rings (SSSR count). The molecule has 3 aromatic carbocycles. The molecule has 14 heteroatoms. The molecule has 0 saturated carbocycles. The number of carbonyl (C=O) groups excluding carboxylic acids is 3. The number of hydrogen-bond acceptors (Lipinski definition) is 9. The lowest BCUT2D eigenvalue weighted by molar-refractivity contribution is 0.0371. The van der Waals surface area contributed by atoms with Gasteiger partial charge in [0.1, 0.15) is 11.9 Å². The van der Waals surface area contributed by atoms with Crippen LogP contribution >= 0.6 is 0 Å². The third kappa shape index (κ3) is 6.52. The zero-order chi connectivity index (χ0) is 32.4. The van der Waals surface area contributed by atoms with E-state index in [-0.39, 0.29) is 56.7 Å². The van der Waals surface area contributed by atoms with E-state index in [1.54, 1.807) is 67.4 Å². The van der Waals surface area contributed by atoms with Crippen molar-refractivity contribution in [2.75, 3.05) is 56.3 Å². The van der Waals surface area contributed by atoms with Gasteiger partial charge in [0.15, 0.2) is 23.0 Å². The number of fused-ring (bicyclic) bond motifs is 3. The van der Waals surface area contributed by atoms with E-state index in [0.717, 1.165) is 0 Å². The van der Waals surface area contributed by atoms with Gasteiger partial charge < -0.3 is 54.5 Å². The molecular formula is C32H35N5O9. The number of nitrogens with one attached hydrogen (secondary N) is 3. The fraction of sp³-hybridized carbons (Fsp3) is 0.344. The van der Waals surface area contributed by atoms with E-state index in [4.69, 9.17) is 23.7 Å². The van der Waals surface area contributed by atoms with Gasteiger partial charge in [-0.15, -0.1) is 0 Å². The summed E-state index contributed by atoms with van der Waals surface area (Å²) < 4.78 is 27.8. The van der Waals surface area contributed by atoms with Gasteiger partial charge in [-0.1, -0.05) is 6.92 Å². The van der Waals surface area contributed by atoms with Gasteiger partial charge >= 0.3 is 12.1 Å². The minimum absolute atomic E-state index is 0.117. The molecule has 0 unspecified atom stereocenters. The molecule has 14 nitrogen and oxygen atoms in total. The monoisotopic (exact) mass is 633 g/mol. The minimum Gasteiger partial charge on any atom is -0.487 e. The first kappa shape index (κ1) is 30.6. The molecule has 46 heavy (non-hydrogen) atoms. The van der Waals surface area contributed by atoms with Crippen LogP contribution in [0.4, 0.5) is 26.7 Å². The van der Waals surface area contributed by atoms with E-state index in [2.05, 4.69) is 16.0 Å². The second kappa shape index (κ2) is 12.9. The average molecular weight is 634 g/mol. The fourth-order valence-corrected chi connectivity index (χ4v) is 5.33. The Morgan fingerprint density at radius 2 is 1.41 bits per heavy atom. The number of aliphatic hydroxyl groups excluding tert-OH is 1. The summed E-state index contributed by atoms with van der Waals surface area (Å²) in [6.45, 7) is 4.16. The van der Waals surface area contributed by atoms with E-state index in [1.807, 2.05) is 6.92 Å². The number of benzene rings is 3. The molecule has 0 fully saturated rings. The number of urea groups is 2. The lowest BCUT2D eigenvalue weighted by Crippen LogP contribution is -2.50. The summed E-state index contributed by atoms with van der Waals surface area (Å²) in [6, 6.07) is 13.6. The number of aliphatic hydroxyl groups is 1. The van der Waals surface area contributed by atoms with Gasteiger partial charge in [-0.3, -0.25) is 4.79 Å². The first-order valence-corrected chi connectivity index (χ1v) is 14.8. The van der Waals surface area contributed by atoms with Crippen molar-refractivity contribution in [1.29, 1.82) is 0 Å². The largest absolute Gasteiger partial charge is 0.487 e. The van der Waals surface area contributed by atoms with E-state index < -0.39 is 18.2 Å². The first-order valence-electron chi connectivity index (χ1n) is 14.8. The fourth-order valence-electron chi connectivity index (χ4n) is 5.33. The van der Waals surface area contributed by atoms with E-state index in [1.165, 1.54) is 11.0 Å². The molecule has 3 aromatic rings. The Bertz CT molecular complexity index is 1650. The van der Waals surface area contributed by atoms with Crippen molar-refractivity contribution in [2.45, 2.75) is 26.0 Å². The van der Waals surface area contributed by atoms with Crippen LogP contribution in [-0.4, -0.2) is 85.4 Å². The highest BCUT2D eigenvalue weighted by molar-refractivity contribution is 6.02. The van der Waals surface area contributed by atoms with Crippen LogP contribution in [0, 0.1) is 5.92 Å². The van der Waals surface area contributed by atoms with Crippen LogP contribution in [0.25, 0.3) is 0 Å². The highest BCUT2D eigenvalue weighted by Gasteiger charge is 2.34. The molecule has 3 aliphatic rings. The molecule has 242 valence electrons. The standard InChI is InChI=1S/C32H35N5O9/c1-18-13-37(19(2)15-38)30(39)23-10-20(33-31(40)34-21-5-8-25-27(11-21)44-16-42-25)4-7-24(23)46-29(18)14-36(3)32(41)35-22-6-9-26-28(12-22)45-17-43-26/h4-12,18-19,29,38H,13-17H2,1-3H3,(H,35,41)(H2,33,34,40)/t18-,19+,29-/m1/s1. The number of anilines is 3. The number of nitrogens with zero attached hydrogens (tertiary/aromatic N) is 2. The Morgan fingerprint density at radius 1 is 0.870 bits per heavy atom. The van der Waals surface area contributed by atoms with Crippen molar-refractivity contribution < 1.29 is 43.2 Å². The summed E-state index contributed by atoms with van der Waals surface area (Å²) in [5.41, 5.74) is 1.62. The molecular weight excluding hydrogens is 598 g/mol. The van der Waals surface area contributed by atoms with E-state index >= 15 is 0 Å². The molecule has 0 saturated heterocycles. The van der Waals surface area contributed by atoms with Crippen molar-refractivity contribution in [3.8, 4) is 28.7 Å². The van der Waals surface area contributed by atoms with Crippen molar-refractivity contribution in [2.24, 2.45) is 5.92 Å². The van der Waals surface area contributed by atoms with Gasteiger partial charge in [-0.05, 0) is 49.4 Å². The number of rotatable bonds is 7. The van der Waals surface area contributed by atoms with Crippen LogP contribution in [0.15, 0.2) is 54.6 Å². The number of ether oxygens (including phenoxy) is 5. The average Bonchev–Trinajstić information content (AvgIpc) is 3.71. The van der Waals surface area contributed by atoms with Gasteiger partial charge in [-0.25, -0.2) is 9.59 Å². The zero-order valence-electron chi connectivity index (χ0n) is 25.6. The van der Waals surface area contributed by atoms with Crippen molar-refractivity contribution in [3.05, 3.63) is 60.2 Å². The summed E-state index contributed by atoms with van der Waals surface area (Å²) in [5, 5.41) is 18.3. The predicted octanol–water partition coefficient (Wildman–Crippen LogP) is 4.17. The minimum atomic E-state index is -0.528. The molecule has 0 aliphatic carbocycles. The van der Waals surface area contributed by atoms with Gasteiger partial charge in [0.2, 0.25) is 13.6 Å². The van der Waals surface area contributed by atoms with E-state index in [0.29, 0.717) is 45.8 Å². The summed E-state index contributed by atoms with van der Waals surface area (Å²) in [4.78, 5) is 42.8. The Morgan fingerprint density at radius 3 is 2.02 bits per heavy atom.